The molecule has 3 aromatic rings. The third-order valence-corrected chi connectivity index (χ3v) is 4.90. The van der Waals surface area contributed by atoms with E-state index in [-0.39, 0.29) is 0 Å². The van der Waals surface area contributed by atoms with Gasteiger partial charge in [0.2, 0.25) is 0 Å². The SMILES string of the molecule is O=[N+]([O-])c1cc(Nc2c([N+](=O)[O-])cc([N+](=O)[O-])cc2[N+](=O)[O-])nc(Nc2c([N+](=O)[O-])cc([N+](=O)[O-])cc2[N+](=O)[O-])c1. The van der Waals surface area contributed by atoms with Crippen molar-refractivity contribution in [1.82, 2.24) is 4.98 Å². The summed E-state index contributed by atoms with van der Waals surface area (Å²) in [7, 11) is 0. The molecule has 1 heterocycles. The second-order valence-electron chi connectivity index (χ2n) is 7.36. The molecular weight excluding hydrogens is 568 g/mol. The van der Waals surface area contributed by atoms with Gasteiger partial charge in [0.15, 0.2) is 11.4 Å². The summed E-state index contributed by atoms with van der Waals surface area (Å²) in [6, 6.07) is 2.62. The zero-order chi connectivity index (χ0) is 30.8. The van der Waals surface area contributed by atoms with Gasteiger partial charge in [-0.3, -0.25) is 70.8 Å². The van der Waals surface area contributed by atoms with E-state index in [1.165, 1.54) is 0 Å². The fourth-order valence-corrected chi connectivity index (χ4v) is 3.24. The Balaban J connectivity index is 2.25. The van der Waals surface area contributed by atoms with Gasteiger partial charge in [0, 0.05) is 0 Å². The Morgan fingerprint density at radius 2 is 0.659 bits per heavy atom. The Bertz CT molecular complexity index is 1520. The number of benzene rings is 2. The van der Waals surface area contributed by atoms with Crippen LogP contribution in [0, 0.1) is 70.8 Å². The van der Waals surface area contributed by atoms with E-state index in [1.54, 1.807) is 0 Å². The molecule has 0 aliphatic heterocycles. The smallest absolute Gasteiger partial charge is 0.306 e. The minimum atomic E-state index is -1.23. The molecule has 0 saturated heterocycles. The number of nitrogens with one attached hydrogen (secondary N) is 2. The molecule has 0 atom stereocenters. The van der Waals surface area contributed by atoms with E-state index in [9.17, 15) is 70.8 Å². The van der Waals surface area contributed by atoms with Crippen molar-refractivity contribution in [2.24, 2.45) is 0 Å². The molecule has 0 bridgehead atoms. The van der Waals surface area contributed by atoms with Crippen molar-refractivity contribution in [2.75, 3.05) is 10.6 Å². The second kappa shape index (κ2) is 10.8. The molecule has 0 unspecified atom stereocenters. The number of nitro benzene ring substituents is 6. The molecule has 24 heteroatoms. The third-order valence-electron chi connectivity index (χ3n) is 4.90. The van der Waals surface area contributed by atoms with Crippen molar-refractivity contribution < 1.29 is 34.5 Å². The first-order chi connectivity index (χ1) is 19.1. The molecular formula is C17H8N10O14. The van der Waals surface area contributed by atoms with Gasteiger partial charge in [0.1, 0.15) is 11.6 Å². The zero-order valence-corrected chi connectivity index (χ0v) is 19.3. The molecule has 24 nitrogen and oxygen atoms in total. The molecule has 0 radical (unpaired) electrons. The van der Waals surface area contributed by atoms with Gasteiger partial charge in [-0.05, 0) is 0 Å². The lowest BCUT2D eigenvalue weighted by molar-refractivity contribution is -0.402. The first kappa shape index (κ1) is 28.6. The molecule has 3 rings (SSSR count). The highest BCUT2D eigenvalue weighted by Gasteiger charge is 2.33. The maximum Gasteiger partial charge on any atom is 0.306 e. The fraction of sp³-hybridized carbons (Fsp3) is 0. The summed E-state index contributed by atoms with van der Waals surface area (Å²) >= 11 is 0. The lowest BCUT2D eigenvalue weighted by Gasteiger charge is -2.11. The van der Waals surface area contributed by atoms with Crippen LogP contribution in [0.3, 0.4) is 0 Å². The number of aromatic nitrogens is 1. The summed E-state index contributed by atoms with van der Waals surface area (Å²) in [5.74, 6) is -1.54. The monoisotopic (exact) mass is 576 g/mol. The number of non-ortho nitro benzene ring substituents is 2. The van der Waals surface area contributed by atoms with Crippen LogP contribution in [0.1, 0.15) is 0 Å². The third kappa shape index (κ3) is 5.95. The van der Waals surface area contributed by atoms with Gasteiger partial charge in [0.05, 0.1) is 70.9 Å². The van der Waals surface area contributed by atoms with E-state index in [1.807, 2.05) is 0 Å². The van der Waals surface area contributed by atoms with Gasteiger partial charge in [0.25, 0.3) is 17.1 Å². The van der Waals surface area contributed by atoms with Crippen LogP contribution in [0.5, 0.6) is 0 Å². The molecule has 0 spiro atoms. The number of nitro groups is 7. The number of hydrogen-bond donors (Lipinski definition) is 2. The topological polar surface area (TPSA) is 339 Å². The summed E-state index contributed by atoms with van der Waals surface area (Å²) < 4.78 is 0. The maximum absolute atomic E-state index is 11.5. The van der Waals surface area contributed by atoms with E-state index in [0.717, 1.165) is 0 Å². The molecule has 0 aliphatic rings. The van der Waals surface area contributed by atoms with Gasteiger partial charge < -0.3 is 10.6 Å². The van der Waals surface area contributed by atoms with Crippen LogP contribution in [-0.2, 0) is 0 Å². The predicted octanol–water partition coefficient (Wildman–Crippen LogP) is 3.93. The number of nitrogens with zero attached hydrogens (tertiary/aromatic N) is 8. The largest absolute Gasteiger partial charge is 0.329 e. The van der Waals surface area contributed by atoms with E-state index in [4.69, 9.17) is 0 Å². The summed E-state index contributed by atoms with van der Waals surface area (Å²) in [6.45, 7) is 0. The molecule has 0 amide bonds. The van der Waals surface area contributed by atoms with E-state index in [0.29, 0.717) is 36.4 Å². The number of rotatable bonds is 11. The quantitative estimate of drug-likeness (QED) is 0.241. The molecule has 210 valence electrons. The lowest BCUT2D eigenvalue weighted by Crippen LogP contribution is -2.07. The Labute approximate surface area is 220 Å². The molecule has 0 aliphatic carbocycles. The average Bonchev–Trinajstić information content (AvgIpc) is 2.87. The summed E-state index contributed by atoms with van der Waals surface area (Å²) in [4.78, 5) is 75.2. The second-order valence-corrected chi connectivity index (χ2v) is 7.36. The van der Waals surface area contributed by atoms with Gasteiger partial charge in [-0.15, -0.1) is 0 Å². The Morgan fingerprint density at radius 3 is 0.878 bits per heavy atom. The van der Waals surface area contributed by atoms with E-state index >= 15 is 0 Å². The van der Waals surface area contributed by atoms with Crippen molar-refractivity contribution >= 4 is 62.8 Å². The van der Waals surface area contributed by atoms with Gasteiger partial charge in [-0.25, -0.2) is 4.98 Å². The van der Waals surface area contributed by atoms with Crippen LogP contribution in [0.15, 0.2) is 36.4 Å². The van der Waals surface area contributed by atoms with Crippen molar-refractivity contribution in [3.8, 4) is 0 Å². The van der Waals surface area contributed by atoms with Crippen molar-refractivity contribution in [1.29, 1.82) is 0 Å². The van der Waals surface area contributed by atoms with Crippen LogP contribution in [0.25, 0.3) is 0 Å². The van der Waals surface area contributed by atoms with E-state index in [2.05, 4.69) is 15.6 Å². The van der Waals surface area contributed by atoms with Crippen molar-refractivity contribution in [3.05, 3.63) is 107 Å². The molecule has 0 fully saturated rings. The number of anilines is 4. The molecule has 2 N–H and O–H groups in total. The molecule has 2 aromatic carbocycles. The predicted molar refractivity (Wildman–Crippen MR) is 130 cm³/mol. The van der Waals surface area contributed by atoms with Crippen LogP contribution < -0.4 is 10.6 Å². The summed E-state index contributed by atoms with van der Waals surface area (Å²) in [6.07, 6.45) is 0. The highest BCUT2D eigenvalue weighted by Crippen LogP contribution is 2.42. The summed E-state index contributed by atoms with van der Waals surface area (Å²) in [5, 5.41) is 83.9. The lowest BCUT2D eigenvalue weighted by atomic mass is 10.2. The van der Waals surface area contributed by atoms with Crippen LogP contribution in [-0.4, -0.2) is 39.4 Å². The van der Waals surface area contributed by atoms with Crippen molar-refractivity contribution in [2.45, 2.75) is 0 Å². The minimum absolute atomic E-state index is 0.357. The van der Waals surface area contributed by atoms with Crippen LogP contribution in [0.2, 0.25) is 0 Å². The number of hydrogen-bond acceptors (Lipinski definition) is 17. The highest BCUT2D eigenvalue weighted by atomic mass is 16.7. The molecule has 0 saturated carbocycles. The molecule has 1 aromatic heterocycles. The Kier molecular flexibility index (Phi) is 7.50. The first-order valence-electron chi connectivity index (χ1n) is 10.0. The average molecular weight is 576 g/mol. The normalized spacial score (nSPS) is 10.3. The van der Waals surface area contributed by atoms with Crippen LogP contribution >= 0.6 is 0 Å². The molecule has 41 heavy (non-hydrogen) atoms. The summed E-state index contributed by atoms with van der Waals surface area (Å²) in [5.41, 5.74) is -9.84. The minimum Gasteiger partial charge on any atom is -0.329 e. The standard InChI is InChI=1S/C17H8N10O14/c28-21(29)7-1-10(24(34)35)16(11(2-7)25(36)37)19-14-5-9(23(32)33)6-15(18-14)20-17-12(26(38)39)3-8(22(30)31)4-13(17)27(40)41/h1-6H,(H2,18,19,20). The Morgan fingerprint density at radius 1 is 0.415 bits per heavy atom. The van der Waals surface area contributed by atoms with Crippen LogP contribution in [0.4, 0.5) is 62.8 Å². The Hall–Kier alpha value is -7.01. The highest BCUT2D eigenvalue weighted by molar-refractivity contribution is 5.83. The van der Waals surface area contributed by atoms with Gasteiger partial charge in [-0.2, -0.15) is 0 Å². The number of pyridine rings is 1. The maximum atomic E-state index is 11.5. The van der Waals surface area contributed by atoms with Gasteiger partial charge >= 0.3 is 22.7 Å². The zero-order valence-electron chi connectivity index (χ0n) is 19.3. The van der Waals surface area contributed by atoms with Crippen molar-refractivity contribution in [3.63, 3.8) is 0 Å². The van der Waals surface area contributed by atoms with Gasteiger partial charge in [-0.1, -0.05) is 0 Å². The fourth-order valence-electron chi connectivity index (χ4n) is 3.24. The first-order valence-corrected chi connectivity index (χ1v) is 10.0. The van der Waals surface area contributed by atoms with E-state index < -0.39 is 97.3 Å².